The van der Waals surface area contributed by atoms with Crippen molar-refractivity contribution in [3.8, 4) is 11.1 Å². The van der Waals surface area contributed by atoms with E-state index in [4.69, 9.17) is 4.63 Å². The molecule has 2 aromatic heterocycles. The van der Waals surface area contributed by atoms with Crippen molar-refractivity contribution < 1.29 is 9.42 Å². The average molecular weight is 487 g/mol. The lowest BCUT2D eigenvalue weighted by Crippen LogP contribution is -2.46. The Morgan fingerprint density at radius 1 is 0.917 bits per heavy atom. The number of hydrogen-bond acceptors (Lipinski definition) is 6. The van der Waals surface area contributed by atoms with Crippen LogP contribution in [-0.4, -0.2) is 76.3 Å². The van der Waals surface area contributed by atoms with Crippen LogP contribution in [0.1, 0.15) is 49.0 Å². The molecule has 8 heteroatoms. The largest absolute Gasteiger partial charge is 0.351 e. The zero-order valence-electron chi connectivity index (χ0n) is 20.7. The fourth-order valence-corrected chi connectivity index (χ4v) is 5.69. The lowest BCUT2D eigenvalue weighted by atomic mass is 10.0. The van der Waals surface area contributed by atoms with Gasteiger partial charge >= 0.3 is 0 Å². The Kier molecular flexibility index (Phi) is 6.70. The number of carbonyl (C=O) groups excluding carboxylic acids is 1. The highest BCUT2D eigenvalue weighted by molar-refractivity contribution is 6.03. The number of carbonyl (C=O) groups is 1. The molecule has 0 spiro atoms. The Bertz CT molecular complexity index is 1330. The molecule has 2 N–H and O–H groups in total. The molecule has 4 heterocycles. The number of likely N-dealkylation sites (tertiary alicyclic amines) is 2. The Morgan fingerprint density at radius 2 is 1.67 bits per heavy atom. The van der Waals surface area contributed by atoms with Gasteiger partial charge in [-0.1, -0.05) is 31.0 Å². The van der Waals surface area contributed by atoms with Crippen LogP contribution in [-0.2, 0) is 0 Å². The first-order chi connectivity index (χ1) is 17.7. The number of nitrogens with zero attached hydrogens (tertiary/aromatic N) is 4. The summed E-state index contributed by atoms with van der Waals surface area (Å²) in [6, 6.07) is 14.1. The first-order valence-corrected chi connectivity index (χ1v) is 13.3. The van der Waals surface area contributed by atoms with E-state index >= 15 is 0 Å². The number of amides is 1. The number of aromatic amines is 1. The van der Waals surface area contributed by atoms with Crippen molar-refractivity contribution in [2.75, 3.05) is 39.3 Å². The molecule has 0 aliphatic carbocycles. The standard InChI is InChI=1S/C28H34N6O2/c35-28(29-21-10-14-34(15-11-21)17-16-33-12-3-1-2-4-13-33)27-19-23-22(6-5-7-24(23)30-27)20-8-9-25-26(18-20)32-36-31-25/h5-9,18-19,21,30H,1-4,10-17H2,(H,29,35). The van der Waals surface area contributed by atoms with Gasteiger partial charge in [-0.15, -0.1) is 0 Å². The normalized spacial score (nSPS) is 18.6. The minimum absolute atomic E-state index is 0.0312. The first-order valence-electron chi connectivity index (χ1n) is 13.3. The highest BCUT2D eigenvalue weighted by atomic mass is 16.6. The molecule has 0 atom stereocenters. The van der Waals surface area contributed by atoms with E-state index in [1.165, 1.54) is 45.3 Å². The molecule has 2 fully saturated rings. The molecule has 6 rings (SSSR count). The van der Waals surface area contributed by atoms with E-state index in [0.29, 0.717) is 5.69 Å². The van der Waals surface area contributed by atoms with Crippen molar-refractivity contribution in [1.82, 2.24) is 30.4 Å². The van der Waals surface area contributed by atoms with E-state index < -0.39 is 0 Å². The summed E-state index contributed by atoms with van der Waals surface area (Å²) in [5.41, 5.74) is 5.06. The molecule has 8 nitrogen and oxygen atoms in total. The summed E-state index contributed by atoms with van der Waals surface area (Å²) < 4.78 is 4.84. The van der Waals surface area contributed by atoms with Crippen LogP contribution < -0.4 is 5.32 Å². The number of piperidine rings is 1. The topological polar surface area (TPSA) is 90.3 Å². The number of fused-ring (bicyclic) bond motifs is 2. The van der Waals surface area contributed by atoms with E-state index in [2.05, 4.69) is 36.5 Å². The zero-order valence-corrected chi connectivity index (χ0v) is 20.7. The molecule has 0 radical (unpaired) electrons. The zero-order chi connectivity index (χ0) is 24.3. The third-order valence-electron chi connectivity index (χ3n) is 7.83. The summed E-state index contributed by atoms with van der Waals surface area (Å²) in [7, 11) is 0. The van der Waals surface area contributed by atoms with Crippen LogP contribution in [0.25, 0.3) is 33.1 Å². The summed E-state index contributed by atoms with van der Waals surface area (Å²) in [5.74, 6) is -0.0312. The highest BCUT2D eigenvalue weighted by Crippen LogP contribution is 2.31. The summed E-state index contributed by atoms with van der Waals surface area (Å²) in [5, 5.41) is 12.1. The SMILES string of the molecule is O=C(NC1CCN(CCN2CCCCCC2)CC1)c1cc2c(-c3ccc4nonc4c3)cccc2[nH]1. The number of hydrogen-bond donors (Lipinski definition) is 2. The second-order valence-corrected chi connectivity index (χ2v) is 10.3. The van der Waals surface area contributed by atoms with Gasteiger partial charge in [-0.3, -0.25) is 4.79 Å². The molecule has 4 aromatic rings. The average Bonchev–Trinajstić information content (AvgIpc) is 3.48. The molecular formula is C28H34N6O2. The summed E-state index contributed by atoms with van der Waals surface area (Å²) in [6.07, 6.45) is 7.46. The van der Waals surface area contributed by atoms with Crippen molar-refractivity contribution in [3.63, 3.8) is 0 Å². The molecule has 2 aliphatic rings. The molecular weight excluding hydrogens is 452 g/mol. The number of H-pyrrole nitrogens is 1. The van der Waals surface area contributed by atoms with Crippen molar-refractivity contribution in [2.45, 2.75) is 44.6 Å². The van der Waals surface area contributed by atoms with Gasteiger partial charge in [0.05, 0.1) is 0 Å². The fraction of sp³-hybridized carbons (Fsp3) is 0.464. The molecule has 36 heavy (non-hydrogen) atoms. The van der Waals surface area contributed by atoms with E-state index in [1.807, 2.05) is 36.4 Å². The van der Waals surface area contributed by atoms with Gasteiger partial charge in [0.2, 0.25) is 0 Å². The van der Waals surface area contributed by atoms with E-state index in [-0.39, 0.29) is 11.9 Å². The van der Waals surface area contributed by atoms with Crippen molar-refractivity contribution >= 4 is 27.8 Å². The van der Waals surface area contributed by atoms with Gasteiger partial charge in [-0.25, -0.2) is 4.63 Å². The molecule has 188 valence electrons. The minimum atomic E-state index is -0.0312. The third kappa shape index (κ3) is 5.01. The van der Waals surface area contributed by atoms with Crippen LogP contribution in [0.3, 0.4) is 0 Å². The van der Waals surface area contributed by atoms with Crippen LogP contribution in [0, 0.1) is 0 Å². The van der Waals surface area contributed by atoms with Gasteiger partial charge in [0.25, 0.3) is 5.91 Å². The molecule has 2 saturated heterocycles. The Hall–Kier alpha value is -3.23. The molecule has 0 saturated carbocycles. The van der Waals surface area contributed by atoms with Crippen LogP contribution >= 0.6 is 0 Å². The number of rotatable bonds is 6. The lowest BCUT2D eigenvalue weighted by molar-refractivity contribution is 0.0902. The molecule has 2 aromatic carbocycles. The first kappa shape index (κ1) is 23.2. The van der Waals surface area contributed by atoms with Crippen LogP contribution in [0.5, 0.6) is 0 Å². The quantitative estimate of drug-likeness (QED) is 0.419. The smallest absolute Gasteiger partial charge is 0.267 e. The molecule has 1 amide bonds. The van der Waals surface area contributed by atoms with Gasteiger partial charge in [0, 0.05) is 43.1 Å². The predicted molar refractivity (Wildman–Crippen MR) is 141 cm³/mol. The minimum Gasteiger partial charge on any atom is -0.351 e. The molecule has 0 unspecified atom stereocenters. The van der Waals surface area contributed by atoms with Crippen molar-refractivity contribution in [2.24, 2.45) is 0 Å². The third-order valence-corrected chi connectivity index (χ3v) is 7.83. The van der Waals surface area contributed by atoms with Gasteiger partial charge in [0.1, 0.15) is 16.7 Å². The van der Waals surface area contributed by atoms with Gasteiger partial charge in [-0.05, 0) is 84.5 Å². The Balaban J connectivity index is 1.07. The Labute approximate surface area is 211 Å². The van der Waals surface area contributed by atoms with Crippen LogP contribution in [0.15, 0.2) is 47.1 Å². The van der Waals surface area contributed by atoms with Crippen molar-refractivity contribution in [1.29, 1.82) is 0 Å². The number of nitrogens with one attached hydrogen (secondary N) is 2. The Morgan fingerprint density at radius 3 is 2.47 bits per heavy atom. The maximum atomic E-state index is 13.1. The summed E-state index contributed by atoms with van der Waals surface area (Å²) in [4.78, 5) is 21.6. The van der Waals surface area contributed by atoms with E-state index in [9.17, 15) is 4.79 Å². The lowest BCUT2D eigenvalue weighted by Gasteiger charge is -2.33. The molecule has 2 aliphatic heterocycles. The molecule has 0 bridgehead atoms. The summed E-state index contributed by atoms with van der Waals surface area (Å²) in [6.45, 7) is 6.93. The predicted octanol–water partition coefficient (Wildman–Crippen LogP) is 4.44. The number of aromatic nitrogens is 3. The summed E-state index contributed by atoms with van der Waals surface area (Å²) >= 11 is 0. The number of benzene rings is 2. The maximum absolute atomic E-state index is 13.1. The monoisotopic (exact) mass is 486 g/mol. The van der Waals surface area contributed by atoms with E-state index in [1.54, 1.807) is 0 Å². The van der Waals surface area contributed by atoms with Gasteiger partial charge < -0.3 is 20.1 Å². The maximum Gasteiger partial charge on any atom is 0.267 e. The van der Waals surface area contributed by atoms with Crippen LogP contribution in [0.2, 0.25) is 0 Å². The second-order valence-electron chi connectivity index (χ2n) is 10.3. The highest BCUT2D eigenvalue weighted by Gasteiger charge is 2.23. The van der Waals surface area contributed by atoms with Gasteiger partial charge in [-0.2, -0.15) is 0 Å². The van der Waals surface area contributed by atoms with Gasteiger partial charge in [0.15, 0.2) is 0 Å². The van der Waals surface area contributed by atoms with Crippen molar-refractivity contribution in [3.05, 3.63) is 48.2 Å². The van der Waals surface area contributed by atoms with Crippen LogP contribution in [0.4, 0.5) is 0 Å². The van der Waals surface area contributed by atoms with E-state index in [0.717, 1.165) is 65.5 Å². The fourth-order valence-electron chi connectivity index (χ4n) is 5.69. The second kappa shape index (κ2) is 10.4.